The van der Waals surface area contributed by atoms with Gasteiger partial charge in [-0.1, -0.05) is 45.8 Å². The van der Waals surface area contributed by atoms with Crippen molar-refractivity contribution in [3.05, 3.63) is 11.6 Å². The molecule has 3 aliphatic heterocycles. The molecule has 3 heterocycles. The summed E-state index contributed by atoms with van der Waals surface area (Å²) in [5.41, 5.74) is 1.98. The number of allylic oxidation sites excluding steroid dienone is 1. The predicted molar refractivity (Wildman–Crippen MR) is 236 cm³/mol. The number of unbranched alkanes of at least 4 members (excludes halogenated alkanes) is 2. The van der Waals surface area contributed by atoms with E-state index in [2.05, 4.69) is 77.5 Å². The van der Waals surface area contributed by atoms with Gasteiger partial charge in [-0.2, -0.15) is 5.26 Å². The van der Waals surface area contributed by atoms with Crippen molar-refractivity contribution in [1.29, 1.82) is 5.26 Å². The van der Waals surface area contributed by atoms with Crippen LogP contribution in [-0.2, 0) is 28.1 Å². The van der Waals surface area contributed by atoms with Crippen LogP contribution in [0.4, 0.5) is 4.79 Å². The average molecular weight is 871 g/mol. The Morgan fingerprint density at radius 2 is 1.84 bits per heavy atom. The van der Waals surface area contributed by atoms with E-state index in [1.807, 2.05) is 0 Å². The molecule has 2 N–H and O–H groups in total. The number of aliphatic hydroxyl groups is 1. The molecule has 14 atom stereocenters. The minimum absolute atomic E-state index is 0.0125. The van der Waals surface area contributed by atoms with Gasteiger partial charge in [-0.15, -0.1) is 0 Å². The van der Waals surface area contributed by atoms with E-state index >= 15 is 0 Å². The fraction of sp³-hybridized carbons (Fsp3) is 0.896. The van der Waals surface area contributed by atoms with Crippen molar-refractivity contribution in [3.63, 3.8) is 0 Å². The largest absolute Gasteiger partial charge is 0.446 e. The summed E-state index contributed by atoms with van der Waals surface area (Å²) >= 11 is 0. The first-order valence-corrected chi connectivity index (χ1v) is 25.4. The van der Waals surface area contributed by atoms with Crippen molar-refractivity contribution in [2.24, 2.45) is 46.3 Å². The van der Waals surface area contributed by atoms with Crippen LogP contribution in [0.3, 0.4) is 0 Å². The Labute approximate surface area is 368 Å². The molecule has 7 aliphatic rings. The van der Waals surface area contributed by atoms with Crippen LogP contribution in [0.5, 0.6) is 0 Å². The molecule has 7 rings (SSSR count). The second kappa shape index (κ2) is 19.7. The van der Waals surface area contributed by atoms with Gasteiger partial charge in [0, 0.05) is 50.4 Å². The zero-order valence-electron chi connectivity index (χ0n) is 38.7. The number of hydrogen-bond acceptors (Lipinski definition) is 10. The smallest absolute Gasteiger partial charge is 0.407 e. The third-order valence-electron chi connectivity index (χ3n) is 16.7. The van der Waals surface area contributed by atoms with Gasteiger partial charge in [-0.05, 0) is 132 Å². The zero-order chi connectivity index (χ0) is 43.7. The summed E-state index contributed by atoms with van der Waals surface area (Å²) in [6.07, 6.45) is 15.5. The summed E-state index contributed by atoms with van der Waals surface area (Å²) in [5, 5.41) is 22.2. The van der Waals surface area contributed by atoms with Gasteiger partial charge < -0.3 is 38.6 Å². The van der Waals surface area contributed by atoms with Crippen molar-refractivity contribution in [1.82, 2.24) is 14.9 Å². The van der Waals surface area contributed by atoms with Crippen LogP contribution in [0.25, 0.3) is 0 Å². The highest BCUT2D eigenvalue weighted by Gasteiger charge is 2.68. The van der Waals surface area contributed by atoms with Gasteiger partial charge in [0.1, 0.15) is 6.10 Å². The quantitative estimate of drug-likeness (QED) is 0.0876. The van der Waals surface area contributed by atoms with Crippen LogP contribution in [0, 0.1) is 57.7 Å². The Balaban J connectivity index is 0.821. The standard InChI is InChI=1S/C48H79N4O8P/c1-31(2)52(32(3)4)61(57-24-12-22-49)60-38-26-36(29-53)51(28-38)43(54)13-10-9-11-23-50-45(55)58-37-17-19-46(7)35(25-37)14-15-39-40(46)18-20-47(8)41(39)27-42-44(47)34(6)48(59-42)21-16-33(5)30-56-48/h14,31-34,36-42,44,53H,9-13,15-21,23-30H2,1-8H3,(H,50,55)/t33-,34+,36+,37+,38-,39-,40+,41+,42+,44+,46+,47+,48?,61?/m1/s1. The highest BCUT2D eigenvalue weighted by atomic mass is 31.2. The first kappa shape index (κ1) is 47.1. The van der Waals surface area contributed by atoms with E-state index in [1.54, 1.807) is 4.90 Å². The molecule has 0 aromatic carbocycles. The van der Waals surface area contributed by atoms with Crippen LogP contribution in [0.1, 0.15) is 152 Å². The van der Waals surface area contributed by atoms with E-state index in [0.29, 0.717) is 79.4 Å². The molecule has 61 heavy (non-hydrogen) atoms. The first-order valence-electron chi connectivity index (χ1n) is 24.2. The number of hydrogen-bond donors (Lipinski definition) is 2. The van der Waals surface area contributed by atoms with E-state index in [4.69, 9.17) is 28.5 Å². The molecule has 4 aliphatic carbocycles. The SMILES string of the molecule is CC(C)N(C(C)C)P(OCCC#N)O[C@@H]1C[C@@H](CO)N(C(=O)CCCCCNC(=O)O[C@H]2CC[C@@]3(C)C(=CC[C@H]4[C@@H]5C[C@@H]6OC7(CC[C@@H](C)CO7)[C@@H](C)[C@@H]6[C@@]5(C)CC[C@@H]43)C2)C1. The van der Waals surface area contributed by atoms with E-state index in [1.165, 1.54) is 31.3 Å². The minimum Gasteiger partial charge on any atom is -0.446 e. The lowest BCUT2D eigenvalue weighted by atomic mass is 9.47. The van der Waals surface area contributed by atoms with Crippen molar-refractivity contribution < 1.29 is 38.0 Å². The Bertz CT molecular complexity index is 1590. The Morgan fingerprint density at radius 3 is 2.54 bits per heavy atom. The van der Waals surface area contributed by atoms with E-state index in [9.17, 15) is 14.7 Å². The number of ether oxygens (including phenoxy) is 3. The highest BCUT2D eigenvalue weighted by molar-refractivity contribution is 7.44. The number of carbonyl (C=O) groups is 2. The first-order chi connectivity index (χ1) is 29.1. The highest BCUT2D eigenvalue weighted by Crippen LogP contribution is 2.70. The minimum atomic E-state index is -1.43. The molecule has 0 aromatic rings. The number of rotatable bonds is 16. The lowest BCUT2D eigenvalue weighted by Gasteiger charge is -2.58. The lowest BCUT2D eigenvalue weighted by Crippen LogP contribution is -2.52. The van der Waals surface area contributed by atoms with E-state index < -0.39 is 8.53 Å². The third kappa shape index (κ3) is 9.61. The van der Waals surface area contributed by atoms with Gasteiger partial charge in [0.2, 0.25) is 5.91 Å². The molecule has 3 saturated carbocycles. The third-order valence-corrected chi connectivity index (χ3v) is 18.9. The molecule has 0 radical (unpaired) electrons. The van der Waals surface area contributed by atoms with Crippen LogP contribution >= 0.6 is 8.53 Å². The van der Waals surface area contributed by atoms with Gasteiger partial charge >= 0.3 is 6.09 Å². The summed E-state index contributed by atoms with van der Waals surface area (Å²) < 4.78 is 34.3. The van der Waals surface area contributed by atoms with Gasteiger partial charge in [-0.25, -0.2) is 9.46 Å². The number of likely N-dealkylation sites (tertiary alicyclic amines) is 1. The van der Waals surface area contributed by atoms with Crippen LogP contribution < -0.4 is 5.32 Å². The van der Waals surface area contributed by atoms with Crippen LogP contribution in [-0.4, -0.2) is 102 Å². The van der Waals surface area contributed by atoms with Gasteiger partial charge in [0.05, 0.1) is 50.6 Å². The molecule has 6 fully saturated rings. The van der Waals surface area contributed by atoms with E-state index in [0.717, 1.165) is 51.6 Å². The van der Waals surface area contributed by atoms with Crippen LogP contribution in [0.15, 0.2) is 11.6 Å². The van der Waals surface area contributed by atoms with Gasteiger partial charge in [0.25, 0.3) is 8.53 Å². The number of fused-ring (bicyclic) bond motifs is 7. The summed E-state index contributed by atoms with van der Waals surface area (Å²) in [4.78, 5) is 28.1. The topological polar surface area (TPSA) is 143 Å². The van der Waals surface area contributed by atoms with Crippen LogP contribution in [0.2, 0.25) is 0 Å². The summed E-state index contributed by atoms with van der Waals surface area (Å²) in [5.74, 6) is 3.34. The lowest BCUT2D eigenvalue weighted by molar-refractivity contribution is -0.272. The second-order valence-electron chi connectivity index (χ2n) is 21.2. The maximum Gasteiger partial charge on any atom is 0.407 e. The maximum atomic E-state index is 13.3. The number of amides is 2. The second-order valence-corrected chi connectivity index (χ2v) is 22.6. The predicted octanol–water partition coefficient (Wildman–Crippen LogP) is 9.26. The number of nitrogens with zero attached hydrogens (tertiary/aromatic N) is 3. The fourth-order valence-electron chi connectivity index (χ4n) is 13.7. The normalized spacial score (nSPS) is 39.7. The van der Waals surface area contributed by atoms with Crippen molar-refractivity contribution >= 4 is 20.5 Å². The molecule has 13 heteroatoms. The molecule has 3 saturated heterocycles. The molecular formula is C48H79N4O8P. The average Bonchev–Trinajstić information content (AvgIpc) is 3.85. The van der Waals surface area contributed by atoms with E-state index in [-0.39, 0.29) is 73.2 Å². The number of carbonyl (C=O) groups excluding carboxylic acids is 2. The molecule has 344 valence electrons. The monoisotopic (exact) mass is 871 g/mol. The number of aliphatic hydroxyl groups excluding tert-OH is 1. The zero-order valence-corrected chi connectivity index (χ0v) is 39.6. The molecule has 2 unspecified atom stereocenters. The maximum absolute atomic E-state index is 13.3. The van der Waals surface area contributed by atoms with Crippen molar-refractivity contribution in [2.75, 3.05) is 32.9 Å². The fourth-order valence-corrected chi connectivity index (χ4v) is 15.4. The van der Waals surface area contributed by atoms with Crippen molar-refractivity contribution in [3.8, 4) is 6.07 Å². The number of nitriles is 1. The molecule has 0 aromatic heterocycles. The molecule has 2 amide bonds. The van der Waals surface area contributed by atoms with Crippen molar-refractivity contribution in [2.45, 2.75) is 194 Å². The summed E-state index contributed by atoms with van der Waals surface area (Å²) in [6.45, 7) is 20.1. The molecule has 12 nitrogen and oxygen atoms in total. The molecule has 1 spiro atoms. The Hall–Kier alpha value is -1.84. The Morgan fingerprint density at radius 1 is 1.05 bits per heavy atom. The Kier molecular flexibility index (Phi) is 15.2. The number of nitrogens with one attached hydrogen (secondary N) is 1. The van der Waals surface area contributed by atoms with Gasteiger partial charge in [0.15, 0.2) is 5.79 Å². The number of alkyl carbamates (subject to hydrolysis) is 1. The molecule has 0 bridgehead atoms. The summed E-state index contributed by atoms with van der Waals surface area (Å²) in [6, 6.07) is 2.20. The van der Waals surface area contributed by atoms with Gasteiger partial charge in [-0.3, -0.25) is 4.79 Å². The molecular weight excluding hydrogens is 792 g/mol. The summed E-state index contributed by atoms with van der Waals surface area (Å²) in [7, 11) is -1.43.